The summed E-state index contributed by atoms with van der Waals surface area (Å²) in [7, 11) is 0. The van der Waals surface area contributed by atoms with E-state index in [1.54, 1.807) is 0 Å². The third-order valence-corrected chi connectivity index (χ3v) is 5.96. The van der Waals surface area contributed by atoms with Crippen LogP contribution in [0.25, 0.3) is 0 Å². The molecule has 132 valence electrons. The first-order valence-corrected chi connectivity index (χ1v) is 10.3. The van der Waals surface area contributed by atoms with Gasteiger partial charge in [-0.1, -0.05) is 73.6 Å². The van der Waals surface area contributed by atoms with Crippen LogP contribution in [0.1, 0.15) is 106 Å². The highest BCUT2D eigenvalue weighted by Gasteiger charge is 2.50. The van der Waals surface area contributed by atoms with Gasteiger partial charge in [0.1, 0.15) is 0 Å². The van der Waals surface area contributed by atoms with Crippen molar-refractivity contribution in [3.8, 4) is 0 Å². The quantitative estimate of drug-likeness (QED) is 0.455. The third-order valence-electron chi connectivity index (χ3n) is 5.96. The summed E-state index contributed by atoms with van der Waals surface area (Å²) in [5.74, 6) is 2.63. The van der Waals surface area contributed by atoms with Gasteiger partial charge in [0.2, 0.25) is 0 Å². The van der Waals surface area contributed by atoms with Crippen LogP contribution in [0, 0.1) is 17.8 Å². The molecular weight excluding hydrogens is 266 g/mol. The van der Waals surface area contributed by atoms with E-state index in [1.807, 2.05) is 0 Å². The molecule has 0 aliphatic carbocycles. The van der Waals surface area contributed by atoms with Gasteiger partial charge in [-0.2, -0.15) is 0 Å². The van der Waals surface area contributed by atoms with Crippen LogP contribution >= 0.6 is 0 Å². The summed E-state index contributed by atoms with van der Waals surface area (Å²) in [6, 6.07) is 0.761. The zero-order valence-corrected chi connectivity index (χ0v) is 16.4. The third kappa shape index (κ3) is 4.98. The molecule has 1 heterocycles. The van der Waals surface area contributed by atoms with E-state index in [4.69, 9.17) is 0 Å². The SMILES string of the molecule is CCCCC1(CCCC)N[C@@H](CC)C(CCC)[C@@H]1CC(C)C. The van der Waals surface area contributed by atoms with Crippen molar-refractivity contribution in [3.63, 3.8) is 0 Å². The number of hydrogen-bond acceptors (Lipinski definition) is 1. The van der Waals surface area contributed by atoms with Crippen molar-refractivity contribution in [2.24, 2.45) is 17.8 Å². The Morgan fingerprint density at radius 1 is 0.909 bits per heavy atom. The number of rotatable bonds is 11. The van der Waals surface area contributed by atoms with E-state index >= 15 is 0 Å². The largest absolute Gasteiger partial charge is 0.308 e. The molecule has 1 N–H and O–H groups in total. The Morgan fingerprint density at radius 3 is 1.91 bits per heavy atom. The van der Waals surface area contributed by atoms with Gasteiger partial charge in [0, 0.05) is 11.6 Å². The highest BCUT2D eigenvalue weighted by Crippen LogP contribution is 2.47. The zero-order chi connectivity index (χ0) is 16.6. The smallest absolute Gasteiger partial charge is 0.0215 e. The van der Waals surface area contributed by atoms with E-state index in [-0.39, 0.29) is 0 Å². The summed E-state index contributed by atoms with van der Waals surface area (Å²) in [4.78, 5) is 0. The standard InChI is InChI=1S/C21H43N/c1-7-11-14-21(15-12-8-2)19(16-17(5)6)18(13-9-3)20(10-4)22-21/h17-20,22H,7-16H2,1-6H3/t18?,19-,20-/m0/s1. The molecule has 1 fully saturated rings. The lowest BCUT2D eigenvalue weighted by Crippen LogP contribution is -2.47. The Morgan fingerprint density at radius 2 is 1.50 bits per heavy atom. The molecule has 0 bridgehead atoms. The van der Waals surface area contributed by atoms with E-state index in [0.29, 0.717) is 5.54 Å². The first-order valence-electron chi connectivity index (χ1n) is 10.3. The zero-order valence-electron chi connectivity index (χ0n) is 16.4. The molecule has 0 aromatic heterocycles. The summed E-state index contributed by atoms with van der Waals surface area (Å²) >= 11 is 0. The molecule has 1 rings (SSSR count). The molecule has 1 aliphatic heterocycles. The average molecular weight is 310 g/mol. The first kappa shape index (κ1) is 20.0. The van der Waals surface area contributed by atoms with Crippen LogP contribution < -0.4 is 5.32 Å². The van der Waals surface area contributed by atoms with Gasteiger partial charge >= 0.3 is 0 Å². The van der Waals surface area contributed by atoms with Crippen molar-refractivity contribution in [1.82, 2.24) is 5.32 Å². The number of hydrogen-bond donors (Lipinski definition) is 1. The maximum absolute atomic E-state index is 4.21. The Balaban J connectivity index is 3.04. The number of nitrogens with one attached hydrogen (secondary N) is 1. The Bertz CT molecular complexity index is 276. The van der Waals surface area contributed by atoms with Gasteiger partial charge in [0.05, 0.1) is 0 Å². The highest BCUT2D eigenvalue weighted by molar-refractivity contribution is 5.07. The van der Waals surface area contributed by atoms with E-state index in [0.717, 1.165) is 23.8 Å². The fourth-order valence-electron chi connectivity index (χ4n) is 4.95. The lowest BCUT2D eigenvalue weighted by Gasteiger charge is -2.39. The second kappa shape index (κ2) is 9.96. The molecule has 1 aliphatic rings. The van der Waals surface area contributed by atoms with Crippen molar-refractivity contribution < 1.29 is 0 Å². The lowest BCUT2D eigenvalue weighted by molar-refractivity contribution is 0.169. The molecule has 3 atom stereocenters. The van der Waals surface area contributed by atoms with E-state index in [2.05, 4.69) is 46.9 Å². The molecule has 1 unspecified atom stereocenters. The minimum Gasteiger partial charge on any atom is -0.308 e. The Kier molecular flexibility index (Phi) is 9.05. The molecule has 1 nitrogen and oxygen atoms in total. The molecule has 0 spiro atoms. The predicted octanol–water partition coefficient (Wildman–Crippen LogP) is 6.57. The Hall–Kier alpha value is -0.0400. The molecule has 22 heavy (non-hydrogen) atoms. The molecule has 0 saturated carbocycles. The molecular formula is C21H43N. The molecule has 1 heteroatoms. The summed E-state index contributed by atoms with van der Waals surface area (Å²) in [5.41, 5.74) is 0.441. The number of unbranched alkanes of at least 4 members (excludes halogenated alkanes) is 2. The second-order valence-electron chi connectivity index (χ2n) is 8.21. The topological polar surface area (TPSA) is 12.0 Å². The molecule has 0 amide bonds. The van der Waals surface area contributed by atoms with Gasteiger partial charge in [-0.25, -0.2) is 0 Å². The van der Waals surface area contributed by atoms with Gasteiger partial charge in [0.25, 0.3) is 0 Å². The van der Waals surface area contributed by atoms with Gasteiger partial charge in [-0.05, 0) is 49.9 Å². The monoisotopic (exact) mass is 309 g/mol. The second-order valence-corrected chi connectivity index (χ2v) is 8.21. The normalized spacial score (nSPS) is 27.7. The van der Waals surface area contributed by atoms with Crippen molar-refractivity contribution in [3.05, 3.63) is 0 Å². The van der Waals surface area contributed by atoms with Crippen LogP contribution in [0.2, 0.25) is 0 Å². The van der Waals surface area contributed by atoms with E-state index < -0.39 is 0 Å². The Labute approximate surface area is 141 Å². The average Bonchev–Trinajstić information content (AvgIpc) is 2.77. The van der Waals surface area contributed by atoms with Crippen molar-refractivity contribution in [1.29, 1.82) is 0 Å². The summed E-state index contributed by atoms with van der Waals surface area (Å²) in [6.07, 6.45) is 13.7. The van der Waals surface area contributed by atoms with E-state index in [1.165, 1.54) is 64.2 Å². The molecule has 0 aromatic carbocycles. The summed E-state index contributed by atoms with van der Waals surface area (Å²) in [5, 5.41) is 4.21. The maximum atomic E-state index is 4.21. The van der Waals surface area contributed by atoms with Gasteiger partial charge in [0.15, 0.2) is 0 Å². The molecule has 0 radical (unpaired) electrons. The van der Waals surface area contributed by atoms with Gasteiger partial charge in [-0.15, -0.1) is 0 Å². The summed E-state index contributed by atoms with van der Waals surface area (Å²) < 4.78 is 0. The predicted molar refractivity (Wildman–Crippen MR) is 100 cm³/mol. The maximum Gasteiger partial charge on any atom is 0.0215 e. The molecule has 0 aromatic rings. The van der Waals surface area contributed by atoms with Crippen molar-refractivity contribution in [2.45, 2.75) is 117 Å². The van der Waals surface area contributed by atoms with Crippen LogP contribution in [0.15, 0.2) is 0 Å². The van der Waals surface area contributed by atoms with Crippen LogP contribution in [0.4, 0.5) is 0 Å². The van der Waals surface area contributed by atoms with Crippen LogP contribution in [-0.4, -0.2) is 11.6 Å². The van der Waals surface area contributed by atoms with Crippen molar-refractivity contribution in [2.75, 3.05) is 0 Å². The van der Waals surface area contributed by atoms with Crippen LogP contribution in [-0.2, 0) is 0 Å². The fraction of sp³-hybridized carbons (Fsp3) is 1.00. The minimum atomic E-state index is 0.441. The highest BCUT2D eigenvalue weighted by atomic mass is 15.1. The van der Waals surface area contributed by atoms with Crippen LogP contribution in [0.3, 0.4) is 0 Å². The van der Waals surface area contributed by atoms with Crippen LogP contribution in [0.5, 0.6) is 0 Å². The first-order chi connectivity index (χ1) is 10.5. The van der Waals surface area contributed by atoms with Gasteiger partial charge in [-0.3, -0.25) is 0 Å². The minimum absolute atomic E-state index is 0.441. The molecule has 1 saturated heterocycles. The summed E-state index contributed by atoms with van der Waals surface area (Å²) in [6.45, 7) is 14.3. The fourth-order valence-corrected chi connectivity index (χ4v) is 4.95. The van der Waals surface area contributed by atoms with E-state index in [9.17, 15) is 0 Å². The van der Waals surface area contributed by atoms with Crippen molar-refractivity contribution >= 4 is 0 Å². The van der Waals surface area contributed by atoms with Gasteiger partial charge < -0.3 is 5.32 Å². The lowest BCUT2D eigenvalue weighted by atomic mass is 9.69.